The van der Waals surface area contributed by atoms with Gasteiger partial charge in [0.25, 0.3) is 0 Å². The molecule has 0 saturated carbocycles. The number of hydrogen-bond acceptors (Lipinski definition) is 3. The van der Waals surface area contributed by atoms with Crippen LogP contribution in [-0.4, -0.2) is 30.1 Å². The molecule has 0 radical (unpaired) electrons. The molecule has 4 rings (SSSR count). The molecule has 1 aliphatic rings. The molecular formula is C22H23N5O2. The van der Waals surface area contributed by atoms with E-state index in [1.807, 2.05) is 55.5 Å². The monoisotopic (exact) mass is 389 g/mol. The minimum absolute atomic E-state index is 0.115. The molecular weight excluding hydrogens is 366 g/mol. The number of fused-ring (bicyclic) bond motifs is 2. The summed E-state index contributed by atoms with van der Waals surface area (Å²) in [5.74, 6) is 0. The molecule has 0 aliphatic carbocycles. The molecule has 0 fully saturated rings. The maximum absolute atomic E-state index is 12.4. The van der Waals surface area contributed by atoms with Gasteiger partial charge < -0.3 is 16.0 Å². The number of nitrogens with one attached hydrogen (secondary N) is 3. The standard InChI is InChI=1S/C22H23N5O2/c1-2-23-22(29)27-12-10-15-8-9-18(13-19(15)27)26-21(28)25-14-17-6-3-5-16-7-4-11-24-20(16)17/h3-9,11,13H,2,10,12,14H2,1H3,(H,23,29)(H2,25,26,28). The normalized spacial score (nSPS) is 12.5. The topological polar surface area (TPSA) is 86.4 Å². The van der Waals surface area contributed by atoms with Crippen molar-refractivity contribution in [3.05, 3.63) is 65.9 Å². The minimum atomic E-state index is -0.305. The van der Waals surface area contributed by atoms with Gasteiger partial charge in [-0.2, -0.15) is 0 Å². The number of carbonyl (C=O) groups excluding carboxylic acids is 2. The Morgan fingerprint density at radius 2 is 1.97 bits per heavy atom. The quantitative estimate of drug-likeness (QED) is 0.637. The van der Waals surface area contributed by atoms with E-state index in [4.69, 9.17) is 0 Å². The number of carbonyl (C=O) groups is 2. The van der Waals surface area contributed by atoms with Crippen LogP contribution < -0.4 is 20.9 Å². The van der Waals surface area contributed by atoms with Crippen molar-refractivity contribution in [3.63, 3.8) is 0 Å². The molecule has 7 nitrogen and oxygen atoms in total. The lowest BCUT2D eigenvalue weighted by Gasteiger charge is -2.18. The predicted octanol–water partition coefficient (Wildman–Crippen LogP) is 3.65. The molecule has 0 atom stereocenters. The summed E-state index contributed by atoms with van der Waals surface area (Å²) < 4.78 is 0. The van der Waals surface area contributed by atoms with Crippen LogP contribution in [0.3, 0.4) is 0 Å². The number of amides is 4. The van der Waals surface area contributed by atoms with E-state index < -0.39 is 0 Å². The number of rotatable bonds is 4. The fraction of sp³-hybridized carbons (Fsp3) is 0.227. The van der Waals surface area contributed by atoms with Crippen LogP contribution in [0.4, 0.5) is 21.0 Å². The average molecular weight is 389 g/mol. The van der Waals surface area contributed by atoms with Crippen molar-refractivity contribution in [2.45, 2.75) is 19.9 Å². The summed E-state index contributed by atoms with van der Waals surface area (Å²) in [6.07, 6.45) is 2.56. The molecule has 0 unspecified atom stereocenters. The molecule has 7 heteroatoms. The summed E-state index contributed by atoms with van der Waals surface area (Å²) in [7, 11) is 0. The Kier molecular flexibility index (Phi) is 5.29. The van der Waals surface area contributed by atoms with Crippen molar-refractivity contribution in [3.8, 4) is 0 Å². The Hall–Kier alpha value is -3.61. The maximum Gasteiger partial charge on any atom is 0.321 e. The Balaban J connectivity index is 1.43. The fourth-order valence-electron chi connectivity index (χ4n) is 3.58. The first kappa shape index (κ1) is 18.7. The van der Waals surface area contributed by atoms with E-state index in [1.54, 1.807) is 11.1 Å². The van der Waals surface area contributed by atoms with E-state index in [-0.39, 0.29) is 12.1 Å². The van der Waals surface area contributed by atoms with Gasteiger partial charge in [-0.15, -0.1) is 0 Å². The van der Waals surface area contributed by atoms with Gasteiger partial charge in [-0.3, -0.25) is 9.88 Å². The zero-order chi connectivity index (χ0) is 20.2. The molecule has 29 heavy (non-hydrogen) atoms. The Morgan fingerprint density at radius 3 is 2.83 bits per heavy atom. The van der Waals surface area contributed by atoms with Crippen LogP contribution in [-0.2, 0) is 13.0 Å². The van der Waals surface area contributed by atoms with Crippen LogP contribution in [0, 0.1) is 0 Å². The van der Waals surface area contributed by atoms with Gasteiger partial charge in [0.1, 0.15) is 0 Å². The van der Waals surface area contributed by atoms with Gasteiger partial charge in [0.15, 0.2) is 0 Å². The van der Waals surface area contributed by atoms with Gasteiger partial charge in [-0.25, -0.2) is 9.59 Å². The number of benzene rings is 2. The second-order valence-corrected chi connectivity index (χ2v) is 6.88. The molecule has 1 aromatic heterocycles. The molecule has 0 spiro atoms. The number of para-hydroxylation sites is 1. The highest BCUT2D eigenvalue weighted by atomic mass is 16.2. The lowest BCUT2D eigenvalue weighted by atomic mass is 10.1. The first-order valence-electron chi connectivity index (χ1n) is 9.71. The summed E-state index contributed by atoms with van der Waals surface area (Å²) in [5.41, 5.74) is 4.42. The molecule has 148 valence electrons. The van der Waals surface area contributed by atoms with Gasteiger partial charge >= 0.3 is 12.1 Å². The molecule has 4 amide bonds. The van der Waals surface area contributed by atoms with Crippen LogP contribution in [0.15, 0.2) is 54.7 Å². The molecule has 3 N–H and O–H groups in total. The molecule has 2 heterocycles. The van der Waals surface area contributed by atoms with E-state index in [9.17, 15) is 9.59 Å². The zero-order valence-corrected chi connectivity index (χ0v) is 16.2. The molecule has 0 saturated heterocycles. The summed E-state index contributed by atoms with van der Waals surface area (Å²) in [5, 5.41) is 9.59. The van der Waals surface area contributed by atoms with Crippen molar-refractivity contribution in [2.24, 2.45) is 0 Å². The van der Waals surface area contributed by atoms with Crippen molar-refractivity contribution in [2.75, 3.05) is 23.3 Å². The van der Waals surface area contributed by atoms with E-state index >= 15 is 0 Å². The summed E-state index contributed by atoms with van der Waals surface area (Å²) in [4.78, 5) is 30.7. The number of pyridine rings is 1. The second kappa shape index (κ2) is 8.18. The van der Waals surface area contributed by atoms with E-state index in [0.717, 1.165) is 34.1 Å². The molecule has 2 aromatic carbocycles. The van der Waals surface area contributed by atoms with E-state index in [1.165, 1.54) is 0 Å². The van der Waals surface area contributed by atoms with Crippen molar-refractivity contribution < 1.29 is 9.59 Å². The summed E-state index contributed by atoms with van der Waals surface area (Å²) in [6, 6.07) is 15.0. The van der Waals surface area contributed by atoms with Crippen LogP contribution in [0.1, 0.15) is 18.1 Å². The lowest BCUT2D eigenvalue weighted by molar-refractivity contribution is 0.247. The highest BCUT2D eigenvalue weighted by Crippen LogP contribution is 2.30. The first-order chi connectivity index (χ1) is 14.2. The van der Waals surface area contributed by atoms with Gasteiger partial charge in [0.05, 0.1) is 11.2 Å². The average Bonchev–Trinajstić information content (AvgIpc) is 3.16. The fourth-order valence-corrected chi connectivity index (χ4v) is 3.58. The zero-order valence-electron chi connectivity index (χ0n) is 16.2. The highest BCUT2D eigenvalue weighted by molar-refractivity contribution is 5.96. The van der Waals surface area contributed by atoms with Crippen LogP contribution in [0.5, 0.6) is 0 Å². The van der Waals surface area contributed by atoms with E-state index in [2.05, 4.69) is 20.9 Å². The predicted molar refractivity (Wildman–Crippen MR) is 114 cm³/mol. The summed E-state index contributed by atoms with van der Waals surface area (Å²) in [6.45, 7) is 3.48. The number of hydrogen-bond donors (Lipinski definition) is 3. The van der Waals surface area contributed by atoms with Gasteiger partial charge in [0, 0.05) is 36.9 Å². The van der Waals surface area contributed by atoms with Crippen LogP contribution in [0.2, 0.25) is 0 Å². The Labute approximate surface area is 169 Å². The van der Waals surface area contributed by atoms with Gasteiger partial charge in [-0.1, -0.05) is 30.3 Å². The van der Waals surface area contributed by atoms with Crippen molar-refractivity contribution in [1.82, 2.24) is 15.6 Å². The third-order valence-corrected chi connectivity index (χ3v) is 4.97. The largest absolute Gasteiger partial charge is 0.338 e. The maximum atomic E-state index is 12.4. The third kappa shape index (κ3) is 3.99. The SMILES string of the molecule is CCNC(=O)N1CCc2ccc(NC(=O)NCc3cccc4cccnc34)cc21. The molecule has 1 aliphatic heterocycles. The van der Waals surface area contributed by atoms with Gasteiger partial charge in [0.2, 0.25) is 0 Å². The second-order valence-electron chi connectivity index (χ2n) is 6.88. The molecule has 0 bridgehead atoms. The number of anilines is 2. The smallest absolute Gasteiger partial charge is 0.321 e. The van der Waals surface area contributed by atoms with Crippen molar-refractivity contribution >= 4 is 34.3 Å². The number of nitrogens with zero attached hydrogens (tertiary/aromatic N) is 2. The van der Waals surface area contributed by atoms with Crippen LogP contribution >= 0.6 is 0 Å². The Morgan fingerprint density at radius 1 is 1.10 bits per heavy atom. The van der Waals surface area contributed by atoms with Crippen molar-refractivity contribution in [1.29, 1.82) is 0 Å². The number of urea groups is 2. The summed E-state index contributed by atoms with van der Waals surface area (Å²) >= 11 is 0. The third-order valence-electron chi connectivity index (χ3n) is 4.97. The lowest BCUT2D eigenvalue weighted by Crippen LogP contribution is -2.38. The highest BCUT2D eigenvalue weighted by Gasteiger charge is 2.24. The van der Waals surface area contributed by atoms with Crippen LogP contribution in [0.25, 0.3) is 10.9 Å². The molecule has 3 aromatic rings. The van der Waals surface area contributed by atoms with E-state index in [0.29, 0.717) is 25.3 Å². The van der Waals surface area contributed by atoms with Gasteiger partial charge in [-0.05, 0) is 42.7 Å². The Bertz CT molecular complexity index is 1060. The first-order valence-corrected chi connectivity index (χ1v) is 9.71. The minimum Gasteiger partial charge on any atom is -0.338 e. The number of aromatic nitrogens is 1.